The van der Waals surface area contributed by atoms with Crippen LogP contribution in [0.5, 0.6) is 0 Å². The topological polar surface area (TPSA) is 78.4 Å². The molecule has 1 rings (SSSR count). The summed E-state index contributed by atoms with van der Waals surface area (Å²) in [4.78, 5) is 20.7. The van der Waals surface area contributed by atoms with Gasteiger partial charge in [0.15, 0.2) is 5.96 Å². The van der Waals surface area contributed by atoms with Gasteiger partial charge in [0.25, 0.3) is 0 Å². The average Bonchev–Trinajstić information content (AvgIpc) is 2.86. The zero-order chi connectivity index (χ0) is 13.4. The summed E-state index contributed by atoms with van der Waals surface area (Å²) in [5.74, 6) is 0.507. The number of hydrogen-bond donors (Lipinski definition) is 3. The molecule has 100 valence electrons. The highest BCUT2D eigenvalue weighted by atomic mass is 32.1. The zero-order valence-electron chi connectivity index (χ0n) is 10.9. The molecule has 0 atom stereocenters. The first kappa shape index (κ1) is 14.4. The molecule has 0 aliphatic rings. The number of carbonyl (C=O) groups excluding carboxylic acids is 1. The van der Waals surface area contributed by atoms with E-state index in [0.29, 0.717) is 12.5 Å². The van der Waals surface area contributed by atoms with Gasteiger partial charge < -0.3 is 16.0 Å². The Morgan fingerprint density at radius 3 is 2.83 bits per heavy atom. The number of hydrogen-bond acceptors (Lipinski definition) is 4. The molecule has 18 heavy (non-hydrogen) atoms. The monoisotopic (exact) mass is 269 g/mol. The van der Waals surface area contributed by atoms with Gasteiger partial charge in [-0.25, -0.2) is 4.98 Å². The van der Waals surface area contributed by atoms with Gasteiger partial charge in [-0.05, 0) is 6.42 Å². The van der Waals surface area contributed by atoms with Crippen LogP contribution in [-0.2, 0) is 17.8 Å². The van der Waals surface area contributed by atoms with Crippen LogP contribution in [0.1, 0.15) is 16.8 Å². The summed E-state index contributed by atoms with van der Waals surface area (Å²) in [5, 5.41) is 9.57. The Balaban J connectivity index is 2.37. The van der Waals surface area contributed by atoms with Gasteiger partial charge in [-0.1, -0.05) is 6.92 Å². The van der Waals surface area contributed by atoms with Crippen LogP contribution in [0.4, 0.5) is 0 Å². The van der Waals surface area contributed by atoms with Crippen LogP contribution in [0, 0.1) is 0 Å². The Bertz CT molecular complexity index is 415. The first-order chi connectivity index (χ1) is 8.69. The first-order valence-electron chi connectivity index (χ1n) is 5.78. The third-order valence-electron chi connectivity index (χ3n) is 2.28. The maximum Gasteiger partial charge on any atom is 0.239 e. The quantitative estimate of drug-likeness (QED) is 0.524. The molecule has 0 radical (unpaired) electrons. The molecule has 1 aromatic rings. The van der Waals surface area contributed by atoms with Crippen molar-refractivity contribution >= 4 is 23.2 Å². The molecule has 0 aromatic carbocycles. The smallest absolute Gasteiger partial charge is 0.239 e. The number of amides is 1. The minimum absolute atomic E-state index is 0.0829. The highest BCUT2D eigenvalue weighted by molar-refractivity contribution is 7.11. The van der Waals surface area contributed by atoms with Crippen LogP contribution in [0.3, 0.4) is 0 Å². The van der Waals surface area contributed by atoms with Crippen LogP contribution in [0.25, 0.3) is 0 Å². The lowest BCUT2D eigenvalue weighted by atomic mass is 10.4. The van der Waals surface area contributed by atoms with Crippen molar-refractivity contribution in [2.24, 2.45) is 4.99 Å². The van der Waals surface area contributed by atoms with Crippen LogP contribution < -0.4 is 16.0 Å². The number of nitrogens with zero attached hydrogens (tertiary/aromatic N) is 2. The van der Waals surface area contributed by atoms with Crippen molar-refractivity contribution in [3.8, 4) is 0 Å². The molecule has 1 aromatic heterocycles. The fourth-order valence-electron chi connectivity index (χ4n) is 1.23. The van der Waals surface area contributed by atoms with Gasteiger partial charge in [-0.3, -0.25) is 9.79 Å². The fraction of sp³-hybridized carbons (Fsp3) is 0.545. The van der Waals surface area contributed by atoms with Gasteiger partial charge in [0.05, 0.1) is 13.1 Å². The minimum Gasteiger partial charge on any atom is -0.358 e. The summed E-state index contributed by atoms with van der Waals surface area (Å²) in [6.45, 7) is 2.92. The Morgan fingerprint density at radius 2 is 2.28 bits per heavy atom. The number of carbonyl (C=O) groups is 1. The van der Waals surface area contributed by atoms with Gasteiger partial charge >= 0.3 is 0 Å². The Hall–Kier alpha value is -1.63. The number of aromatic nitrogens is 1. The lowest BCUT2D eigenvalue weighted by Gasteiger charge is -2.09. The number of rotatable bonds is 5. The molecule has 0 spiro atoms. The highest BCUT2D eigenvalue weighted by Gasteiger charge is 2.03. The van der Waals surface area contributed by atoms with Crippen molar-refractivity contribution in [1.82, 2.24) is 20.9 Å². The highest BCUT2D eigenvalue weighted by Crippen LogP contribution is 2.12. The molecule has 0 unspecified atom stereocenters. The first-order valence-corrected chi connectivity index (χ1v) is 6.60. The van der Waals surface area contributed by atoms with Gasteiger partial charge in [0, 0.05) is 25.2 Å². The predicted octanol–water partition coefficient (Wildman–Crippen LogP) is 0.117. The molecule has 0 aliphatic heterocycles. The van der Waals surface area contributed by atoms with E-state index in [1.165, 1.54) is 4.88 Å². The number of nitrogens with one attached hydrogen (secondary N) is 3. The van der Waals surface area contributed by atoms with E-state index in [0.717, 1.165) is 11.4 Å². The molecule has 0 saturated carbocycles. The average molecular weight is 269 g/mol. The van der Waals surface area contributed by atoms with E-state index in [1.54, 1.807) is 25.4 Å². The van der Waals surface area contributed by atoms with Crippen molar-refractivity contribution < 1.29 is 4.79 Å². The number of aryl methyl sites for hydroxylation is 1. The van der Waals surface area contributed by atoms with E-state index in [4.69, 9.17) is 0 Å². The number of thiazole rings is 1. The lowest BCUT2D eigenvalue weighted by Crippen LogP contribution is -2.42. The molecule has 7 heteroatoms. The van der Waals surface area contributed by atoms with E-state index < -0.39 is 0 Å². The number of guanidine groups is 1. The van der Waals surface area contributed by atoms with Gasteiger partial charge in [-0.15, -0.1) is 11.3 Å². The standard InChI is InChI=1S/C11H19N5OS/c1-4-8-5-14-10(18-8)7-16-11(13-3)15-6-9(17)12-2/h5H,4,6-7H2,1-3H3,(H,12,17)(H2,13,15,16). The lowest BCUT2D eigenvalue weighted by molar-refractivity contribution is -0.119. The summed E-state index contributed by atoms with van der Waals surface area (Å²) < 4.78 is 0. The molecule has 0 fully saturated rings. The van der Waals surface area contributed by atoms with Crippen molar-refractivity contribution in [2.75, 3.05) is 20.6 Å². The Labute approximate surface area is 111 Å². The van der Waals surface area contributed by atoms with Crippen LogP contribution in [0.15, 0.2) is 11.2 Å². The largest absolute Gasteiger partial charge is 0.358 e. The van der Waals surface area contributed by atoms with E-state index >= 15 is 0 Å². The molecule has 6 nitrogen and oxygen atoms in total. The summed E-state index contributed by atoms with van der Waals surface area (Å²) >= 11 is 1.68. The second kappa shape index (κ2) is 7.65. The van der Waals surface area contributed by atoms with Gasteiger partial charge in [0.1, 0.15) is 5.01 Å². The Morgan fingerprint density at radius 1 is 1.50 bits per heavy atom. The minimum atomic E-state index is -0.0829. The van der Waals surface area contributed by atoms with E-state index in [2.05, 4.69) is 32.9 Å². The van der Waals surface area contributed by atoms with Crippen LogP contribution >= 0.6 is 11.3 Å². The van der Waals surface area contributed by atoms with Crippen LogP contribution in [-0.4, -0.2) is 37.5 Å². The SMILES string of the molecule is CCc1cnc(CNC(=NC)NCC(=O)NC)s1. The zero-order valence-corrected chi connectivity index (χ0v) is 11.7. The third kappa shape index (κ3) is 4.70. The van der Waals surface area contributed by atoms with Gasteiger partial charge in [0.2, 0.25) is 5.91 Å². The Kier molecular flexibility index (Phi) is 6.13. The van der Waals surface area contributed by atoms with Crippen molar-refractivity contribution in [3.63, 3.8) is 0 Å². The summed E-state index contributed by atoms with van der Waals surface area (Å²) in [5.41, 5.74) is 0. The molecule has 0 saturated heterocycles. The third-order valence-corrected chi connectivity index (χ3v) is 3.42. The second-order valence-corrected chi connectivity index (χ2v) is 4.73. The molecular formula is C11H19N5OS. The molecule has 0 bridgehead atoms. The fourth-order valence-corrected chi connectivity index (χ4v) is 2.03. The molecular weight excluding hydrogens is 250 g/mol. The van der Waals surface area contributed by atoms with Crippen molar-refractivity contribution in [3.05, 3.63) is 16.1 Å². The normalized spacial score (nSPS) is 11.2. The van der Waals surface area contributed by atoms with Gasteiger partial charge in [-0.2, -0.15) is 0 Å². The number of aliphatic imine (C=N–C) groups is 1. The van der Waals surface area contributed by atoms with E-state index in [9.17, 15) is 4.79 Å². The number of likely N-dealkylation sites (N-methyl/N-ethyl adjacent to an activating group) is 1. The van der Waals surface area contributed by atoms with E-state index in [1.807, 2.05) is 6.20 Å². The molecule has 1 heterocycles. The maximum atomic E-state index is 11.1. The van der Waals surface area contributed by atoms with Crippen molar-refractivity contribution in [2.45, 2.75) is 19.9 Å². The molecule has 3 N–H and O–H groups in total. The predicted molar refractivity (Wildman–Crippen MR) is 73.8 cm³/mol. The second-order valence-electron chi connectivity index (χ2n) is 3.53. The van der Waals surface area contributed by atoms with E-state index in [-0.39, 0.29) is 12.5 Å². The van der Waals surface area contributed by atoms with Crippen LogP contribution in [0.2, 0.25) is 0 Å². The maximum absolute atomic E-state index is 11.1. The molecule has 0 aliphatic carbocycles. The molecule has 1 amide bonds. The summed E-state index contributed by atoms with van der Waals surface area (Å²) in [7, 11) is 3.26. The summed E-state index contributed by atoms with van der Waals surface area (Å²) in [6, 6.07) is 0. The summed E-state index contributed by atoms with van der Waals surface area (Å²) in [6.07, 6.45) is 2.89. The van der Waals surface area contributed by atoms with Crippen molar-refractivity contribution in [1.29, 1.82) is 0 Å².